The molecule has 1 fully saturated rings. The molecule has 0 saturated carbocycles. The van der Waals surface area contributed by atoms with Crippen LogP contribution in [0.2, 0.25) is 5.02 Å². The quantitative estimate of drug-likeness (QED) is 0.448. The zero-order valence-corrected chi connectivity index (χ0v) is 16.4. The van der Waals surface area contributed by atoms with E-state index >= 15 is 0 Å². The van der Waals surface area contributed by atoms with E-state index in [1.54, 1.807) is 36.7 Å². The molecule has 0 aromatic carbocycles. The minimum Gasteiger partial charge on any atom is -0.475 e. The lowest BCUT2D eigenvalue weighted by atomic mass is 10.1. The molecule has 6 nitrogen and oxygen atoms in total. The molecule has 0 radical (unpaired) electrons. The smallest absolute Gasteiger partial charge is 0.232 e. The summed E-state index contributed by atoms with van der Waals surface area (Å²) in [4.78, 5) is 10.9. The number of thiophene rings is 1. The van der Waals surface area contributed by atoms with Crippen LogP contribution in [0.15, 0.2) is 40.8 Å². The first-order valence-corrected chi connectivity index (χ1v) is 10.0. The lowest BCUT2D eigenvalue weighted by molar-refractivity contribution is 0.309. The predicted molar refractivity (Wildman–Crippen MR) is 109 cm³/mol. The molecule has 2 aromatic heterocycles. The summed E-state index contributed by atoms with van der Waals surface area (Å²) < 4.78 is 5.58. The first-order valence-electron chi connectivity index (χ1n) is 8.75. The van der Waals surface area contributed by atoms with Gasteiger partial charge in [0.25, 0.3) is 0 Å². The number of hydrogen-bond acceptors (Lipinski definition) is 5. The maximum Gasteiger partial charge on any atom is 0.232 e. The second kappa shape index (κ2) is 9.64. The second-order valence-electron chi connectivity index (χ2n) is 5.99. The van der Waals surface area contributed by atoms with E-state index in [1.165, 1.54) is 5.00 Å². The van der Waals surface area contributed by atoms with Crippen molar-refractivity contribution in [3.8, 4) is 5.88 Å². The van der Waals surface area contributed by atoms with Gasteiger partial charge in [-0.15, -0.1) is 11.3 Å². The van der Waals surface area contributed by atoms with E-state index in [0.29, 0.717) is 30.1 Å². The van der Waals surface area contributed by atoms with E-state index in [-0.39, 0.29) is 0 Å². The van der Waals surface area contributed by atoms with Crippen molar-refractivity contribution in [2.24, 2.45) is 4.99 Å². The SMILES string of the molecule is CN=C(NCCOc1ncccc1Cl)NC1CCN(c2cccs2)CC1. The summed E-state index contributed by atoms with van der Waals surface area (Å²) in [6.45, 7) is 3.22. The first-order chi connectivity index (χ1) is 12.8. The number of halogens is 1. The van der Waals surface area contributed by atoms with Crippen LogP contribution in [0, 0.1) is 0 Å². The molecule has 3 heterocycles. The van der Waals surface area contributed by atoms with E-state index in [4.69, 9.17) is 16.3 Å². The molecule has 0 amide bonds. The van der Waals surface area contributed by atoms with Gasteiger partial charge in [-0.2, -0.15) is 0 Å². The van der Waals surface area contributed by atoms with Crippen LogP contribution in [0.1, 0.15) is 12.8 Å². The maximum absolute atomic E-state index is 6.02. The number of guanidine groups is 1. The summed E-state index contributed by atoms with van der Waals surface area (Å²) in [6, 6.07) is 8.27. The predicted octanol–water partition coefficient (Wildman–Crippen LogP) is 3.01. The standard InChI is InChI=1S/C18H24ClN5OS/c1-20-18(22-9-12-25-17-15(19)4-2-8-21-17)23-14-6-10-24(11-7-14)16-5-3-13-26-16/h2-5,8,13-14H,6-7,9-12H2,1H3,(H2,20,22,23). The van der Waals surface area contributed by atoms with Crippen LogP contribution < -0.4 is 20.3 Å². The molecule has 26 heavy (non-hydrogen) atoms. The molecular formula is C18H24ClN5OS. The maximum atomic E-state index is 6.02. The Bertz CT molecular complexity index is 701. The number of pyridine rings is 1. The molecule has 1 aliphatic rings. The van der Waals surface area contributed by atoms with Crippen LogP contribution in [-0.2, 0) is 0 Å². The van der Waals surface area contributed by atoms with Crippen LogP contribution in [0.3, 0.4) is 0 Å². The molecule has 0 bridgehead atoms. The van der Waals surface area contributed by atoms with Crippen molar-refractivity contribution in [3.05, 3.63) is 40.9 Å². The topological polar surface area (TPSA) is 61.8 Å². The molecule has 0 atom stereocenters. The average molecular weight is 394 g/mol. The fourth-order valence-electron chi connectivity index (χ4n) is 2.88. The van der Waals surface area contributed by atoms with Gasteiger partial charge in [0.05, 0.1) is 11.5 Å². The van der Waals surface area contributed by atoms with Gasteiger partial charge in [-0.1, -0.05) is 11.6 Å². The molecule has 1 aliphatic heterocycles. The Balaban J connectivity index is 1.37. The molecule has 140 valence electrons. The summed E-state index contributed by atoms with van der Waals surface area (Å²) in [5.41, 5.74) is 0. The van der Waals surface area contributed by atoms with Gasteiger partial charge in [0.2, 0.25) is 5.88 Å². The number of piperidine rings is 1. The van der Waals surface area contributed by atoms with Gasteiger partial charge in [0.1, 0.15) is 11.6 Å². The normalized spacial score (nSPS) is 15.8. The number of anilines is 1. The van der Waals surface area contributed by atoms with Crippen molar-refractivity contribution in [2.45, 2.75) is 18.9 Å². The molecule has 0 spiro atoms. The van der Waals surface area contributed by atoms with Gasteiger partial charge in [-0.05, 0) is 42.5 Å². The summed E-state index contributed by atoms with van der Waals surface area (Å²) in [6.07, 6.45) is 3.86. The van der Waals surface area contributed by atoms with Gasteiger partial charge in [-0.3, -0.25) is 4.99 Å². The first kappa shape index (κ1) is 18.8. The summed E-state index contributed by atoms with van der Waals surface area (Å²) >= 11 is 7.83. The Morgan fingerprint density at radius 1 is 1.38 bits per heavy atom. The van der Waals surface area contributed by atoms with Gasteiger partial charge in [-0.25, -0.2) is 4.98 Å². The third-order valence-corrected chi connectivity index (χ3v) is 5.45. The molecule has 0 aliphatic carbocycles. The minimum absolute atomic E-state index is 0.434. The third kappa shape index (κ3) is 5.25. The van der Waals surface area contributed by atoms with Crippen molar-refractivity contribution in [2.75, 3.05) is 38.2 Å². The zero-order chi connectivity index (χ0) is 18.2. The van der Waals surface area contributed by atoms with E-state index in [1.807, 2.05) is 0 Å². The van der Waals surface area contributed by atoms with E-state index in [9.17, 15) is 0 Å². The van der Waals surface area contributed by atoms with Gasteiger partial charge in [0.15, 0.2) is 5.96 Å². The van der Waals surface area contributed by atoms with Crippen molar-refractivity contribution in [1.29, 1.82) is 0 Å². The number of nitrogens with one attached hydrogen (secondary N) is 2. The summed E-state index contributed by atoms with van der Waals surface area (Å²) in [5.74, 6) is 1.26. The summed E-state index contributed by atoms with van der Waals surface area (Å²) in [7, 11) is 1.78. The highest BCUT2D eigenvalue weighted by Gasteiger charge is 2.20. The minimum atomic E-state index is 0.434. The fraction of sp³-hybridized carbons (Fsp3) is 0.444. The monoisotopic (exact) mass is 393 g/mol. The number of aliphatic imine (C=N–C) groups is 1. The Kier molecular flexibility index (Phi) is 6.96. The van der Waals surface area contributed by atoms with E-state index < -0.39 is 0 Å². The van der Waals surface area contributed by atoms with Crippen LogP contribution >= 0.6 is 22.9 Å². The Hall–Kier alpha value is -1.99. The molecule has 2 aromatic rings. The summed E-state index contributed by atoms with van der Waals surface area (Å²) in [5, 5.41) is 10.8. The highest BCUT2D eigenvalue weighted by molar-refractivity contribution is 7.14. The molecular weight excluding hydrogens is 370 g/mol. The van der Waals surface area contributed by atoms with Gasteiger partial charge < -0.3 is 20.3 Å². The van der Waals surface area contributed by atoms with Crippen LogP contribution in [0.25, 0.3) is 0 Å². The van der Waals surface area contributed by atoms with Crippen molar-refractivity contribution in [1.82, 2.24) is 15.6 Å². The zero-order valence-electron chi connectivity index (χ0n) is 14.8. The van der Waals surface area contributed by atoms with Gasteiger partial charge in [0, 0.05) is 32.4 Å². The molecule has 1 saturated heterocycles. The number of hydrogen-bond donors (Lipinski definition) is 2. The van der Waals surface area contributed by atoms with Crippen LogP contribution in [0.5, 0.6) is 5.88 Å². The second-order valence-corrected chi connectivity index (χ2v) is 7.33. The fourth-order valence-corrected chi connectivity index (χ4v) is 3.84. The number of rotatable bonds is 6. The van der Waals surface area contributed by atoms with Crippen molar-refractivity contribution >= 4 is 33.9 Å². The molecule has 2 N–H and O–H groups in total. The highest BCUT2D eigenvalue weighted by atomic mass is 35.5. The van der Waals surface area contributed by atoms with Crippen molar-refractivity contribution in [3.63, 3.8) is 0 Å². The number of nitrogens with zero attached hydrogens (tertiary/aromatic N) is 3. The average Bonchev–Trinajstić information content (AvgIpc) is 3.21. The van der Waals surface area contributed by atoms with Gasteiger partial charge >= 0.3 is 0 Å². The third-order valence-electron chi connectivity index (χ3n) is 4.24. The Labute approximate surface area is 163 Å². The number of aromatic nitrogens is 1. The van der Waals surface area contributed by atoms with E-state index in [0.717, 1.165) is 31.9 Å². The van der Waals surface area contributed by atoms with E-state index in [2.05, 4.69) is 43.0 Å². The molecule has 0 unspecified atom stereocenters. The number of ether oxygens (including phenoxy) is 1. The van der Waals surface area contributed by atoms with Crippen LogP contribution in [0.4, 0.5) is 5.00 Å². The lowest BCUT2D eigenvalue weighted by Gasteiger charge is -2.33. The Morgan fingerprint density at radius 2 is 2.23 bits per heavy atom. The van der Waals surface area contributed by atoms with Crippen LogP contribution in [-0.4, -0.2) is 50.3 Å². The Morgan fingerprint density at radius 3 is 2.92 bits per heavy atom. The van der Waals surface area contributed by atoms with Crippen molar-refractivity contribution < 1.29 is 4.74 Å². The lowest BCUT2D eigenvalue weighted by Crippen LogP contribution is -2.49. The molecule has 3 rings (SSSR count). The molecule has 8 heteroatoms. The highest BCUT2D eigenvalue weighted by Crippen LogP contribution is 2.24. The largest absolute Gasteiger partial charge is 0.475 e.